The zero-order chi connectivity index (χ0) is 14.2. The molecule has 3 N–H and O–H groups in total. The molecular formula is C16H36N2O. The average Bonchev–Trinajstić information content (AvgIpc) is 2.43. The van der Waals surface area contributed by atoms with Gasteiger partial charge in [0, 0.05) is 13.2 Å². The van der Waals surface area contributed by atoms with Gasteiger partial charge in [0.2, 0.25) is 0 Å². The molecule has 0 bridgehead atoms. The molecule has 3 heteroatoms. The van der Waals surface area contributed by atoms with Crippen LogP contribution in [0.1, 0.15) is 78.1 Å². The Morgan fingerprint density at radius 2 is 1.42 bits per heavy atom. The molecule has 0 aromatic rings. The molecule has 0 saturated carbocycles. The number of ether oxygens (including phenoxy) is 1. The SMILES string of the molecule is CCCCCCCCCCOCCCNC(N)CC. The van der Waals surface area contributed by atoms with Gasteiger partial charge in [-0.25, -0.2) is 0 Å². The maximum Gasteiger partial charge on any atom is 0.0543 e. The first kappa shape index (κ1) is 18.9. The van der Waals surface area contributed by atoms with E-state index in [4.69, 9.17) is 10.5 Å². The van der Waals surface area contributed by atoms with Crippen molar-refractivity contribution < 1.29 is 4.74 Å². The van der Waals surface area contributed by atoms with E-state index in [-0.39, 0.29) is 6.17 Å². The first-order chi connectivity index (χ1) is 9.31. The van der Waals surface area contributed by atoms with Crippen molar-refractivity contribution in [1.82, 2.24) is 5.32 Å². The highest BCUT2D eigenvalue weighted by Crippen LogP contribution is 2.08. The minimum Gasteiger partial charge on any atom is -0.381 e. The highest BCUT2D eigenvalue weighted by molar-refractivity contribution is 4.55. The molecule has 1 atom stereocenters. The van der Waals surface area contributed by atoms with E-state index in [0.29, 0.717) is 0 Å². The van der Waals surface area contributed by atoms with E-state index in [2.05, 4.69) is 19.2 Å². The van der Waals surface area contributed by atoms with Crippen molar-refractivity contribution in [2.75, 3.05) is 19.8 Å². The summed E-state index contributed by atoms with van der Waals surface area (Å²) in [6, 6.07) is 0. The van der Waals surface area contributed by atoms with Crippen molar-refractivity contribution in [3.8, 4) is 0 Å². The van der Waals surface area contributed by atoms with Gasteiger partial charge in [0.15, 0.2) is 0 Å². The fourth-order valence-corrected chi connectivity index (χ4v) is 2.05. The molecule has 0 aliphatic carbocycles. The summed E-state index contributed by atoms with van der Waals surface area (Å²) in [5.41, 5.74) is 5.76. The Balaban J connectivity index is 2.95. The van der Waals surface area contributed by atoms with Gasteiger partial charge < -0.3 is 15.8 Å². The van der Waals surface area contributed by atoms with E-state index >= 15 is 0 Å². The smallest absolute Gasteiger partial charge is 0.0543 e. The molecule has 0 spiro atoms. The second kappa shape index (κ2) is 15.9. The molecule has 0 heterocycles. The molecule has 1 unspecified atom stereocenters. The molecule has 0 rings (SSSR count). The summed E-state index contributed by atoms with van der Waals surface area (Å²) in [7, 11) is 0. The third-order valence-electron chi connectivity index (χ3n) is 3.45. The summed E-state index contributed by atoms with van der Waals surface area (Å²) in [5, 5.41) is 3.27. The molecule has 3 nitrogen and oxygen atoms in total. The van der Waals surface area contributed by atoms with Crippen LogP contribution in [0.4, 0.5) is 0 Å². The molecule has 0 fully saturated rings. The van der Waals surface area contributed by atoms with Gasteiger partial charge in [-0.05, 0) is 25.8 Å². The molecule has 116 valence electrons. The topological polar surface area (TPSA) is 47.3 Å². The maximum absolute atomic E-state index is 5.76. The predicted octanol–water partition coefficient (Wildman–Crippen LogP) is 3.82. The third-order valence-corrected chi connectivity index (χ3v) is 3.45. The Bertz CT molecular complexity index is 165. The molecule has 0 amide bonds. The standard InChI is InChI=1S/C16H36N2O/c1-3-5-6-7-8-9-10-11-14-19-15-12-13-18-16(17)4-2/h16,18H,3-15,17H2,1-2H3. The zero-order valence-corrected chi connectivity index (χ0v) is 13.3. The van der Waals surface area contributed by atoms with Crippen LogP contribution in [0, 0.1) is 0 Å². The van der Waals surface area contributed by atoms with E-state index in [0.717, 1.165) is 32.6 Å². The van der Waals surface area contributed by atoms with Gasteiger partial charge in [-0.3, -0.25) is 0 Å². The number of nitrogens with one attached hydrogen (secondary N) is 1. The van der Waals surface area contributed by atoms with Crippen LogP contribution >= 0.6 is 0 Å². The summed E-state index contributed by atoms with van der Waals surface area (Å²) in [4.78, 5) is 0. The van der Waals surface area contributed by atoms with Crippen molar-refractivity contribution >= 4 is 0 Å². The summed E-state index contributed by atoms with van der Waals surface area (Å²) in [6.45, 7) is 7.11. The molecule has 0 aromatic heterocycles. The van der Waals surface area contributed by atoms with Crippen LogP contribution in [0.25, 0.3) is 0 Å². The summed E-state index contributed by atoms with van der Waals surface area (Å²) >= 11 is 0. The molecule has 19 heavy (non-hydrogen) atoms. The summed E-state index contributed by atoms with van der Waals surface area (Å²) in [5.74, 6) is 0. The Morgan fingerprint density at radius 3 is 2.05 bits per heavy atom. The Labute approximate surface area is 120 Å². The van der Waals surface area contributed by atoms with Gasteiger partial charge >= 0.3 is 0 Å². The minimum absolute atomic E-state index is 0.146. The second-order valence-electron chi connectivity index (χ2n) is 5.41. The predicted molar refractivity (Wildman–Crippen MR) is 84.3 cm³/mol. The van der Waals surface area contributed by atoms with E-state index < -0.39 is 0 Å². The third kappa shape index (κ3) is 15.8. The number of rotatable bonds is 15. The summed E-state index contributed by atoms with van der Waals surface area (Å²) in [6.07, 6.45) is 13.1. The van der Waals surface area contributed by atoms with Gasteiger partial charge in [0.1, 0.15) is 0 Å². The van der Waals surface area contributed by atoms with Crippen LogP contribution < -0.4 is 11.1 Å². The van der Waals surface area contributed by atoms with E-state index in [1.165, 1.54) is 51.4 Å². The minimum atomic E-state index is 0.146. The average molecular weight is 272 g/mol. The van der Waals surface area contributed by atoms with Gasteiger partial charge in [0.25, 0.3) is 0 Å². The first-order valence-electron chi connectivity index (χ1n) is 8.38. The fourth-order valence-electron chi connectivity index (χ4n) is 2.05. The summed E-state index contributed by atoms with van der Waals surface area (Å²) < 4.78 is 5.61. The lowest BCUT2D eigenvalue weighted by molar-refractivity contribution is 0.127. The lowest BCUT2D eigenvalue weighted by Gasteiger charge is -2.11. The lowest BCUT2D eigenvalue weighted by Crippen LogP contribution is -2.37. The van der Waals surface area contributed by atoms with Crippen molar-refractivity contribution in [3.63, 3.8) is 0 Å². The van der Waals surface area contributed by atoms with Gasteiger partial charge in [0.05, 0.1) is 6.17 Å². The van der Waals surface area contributed by atoms with Crippen LogP contribution in [-0.4, -0.2) is 25.9 Å². The normalized spacial score (nSPS) is 12.8. The second-order valence-corrected chi connectivity index (χ2v) is 5.41. The Kier molecular flexibility index (Phi) is 15.8. The van der Waals surface area contributed by atoms with E-state index in [1.807, 2.05) is 0 Å². The van der Waals surface area contributed by atoms with Crippen molar-refractivity contribution in [2.24, 2.45) is 5.73 Å². The number of nitrogens with two attached hydrogens (primary N) is 1. The lowest BCUT2D eigenvalue weighted by atomic mass is 10.1. The quantitative estimate of drug-likeness (QED) is 0.352. The molecule has 0 aliphatic rings. The van der Waals surface area contributed by atoms with Gasteiger partial charge in [-0.15, -0.1) is 0 Å². The fraction of sp³-hybridized carbons (Fsp3) is 1.00. The van der Waals surface area contributed by atoms with Crippen LogP contribution in [0.15, 0.2) is 0 Å². The van der Waals surface area contributed by atoms with Crippen LogP contribution in [0.5, 0.6) is 0 Å². The number of hydrogen-bond acceptors (Lipinski definition) is 3. The van der Waals surface area contributed by atoms with Crippen molar-refractivity contribution in [3.05, 3.63) is 0 Å². The van der Waals surface area contributed by atoms with Crippen LogP contribution in [0.2, 0.25) is 0 Å². The molecule has 0 saturated heterocycles. The maximum atomic E-state index is 5.76. The van der Waals surface area contributed by atoms with Crippen molar-refractivity contribution in [1.29, 1.82) is 0 Å². The van der Waals surface area contributed by atoms with E-state index in [9.17, 15) is 0 Å². The first-order valence-corrected chi connectivity index (χ1v) is 8.38. The highest BCUT2D eigenvalue weighted by atomic mass is 16.5. The molecule has 0 radical (unpaired) electrons. The van der Waals surface area contributed by atoms with Gasteiger partial charge in [-0.1, -0.05) is 58.8 Å². The van der Waals surface area contributed by atoms with Gasteiger partial charge in [-0.2, -0.15) is 0 Å². The molecule has 0 aromatic carbocycles. The van der Waals surface area contributed by atoms with Crippen molar-refractivity contribution in [2.45, 2.75) is 84.2 Å². The van der Waals surface area contributed by atoms with Crippen LogP contribution in [-0.2, 0) is 4.74 Å². The van der Waals surface area contributed by atoms with Crippen LogP contribution in [0.3, 0.4) is 0 Å². The Morgan fingerprint density at radius 1 is 0.842 bits per heavy atom. The largest absolute Gasteiger partial charge is 0.381 e. The number of hydrogen-bond donors (Lipinski definition) is 2. The Hall–Kier alpha value is -0.120. The number of unbranched alkanes of at least 4 members (excludes halogenated alkanes) is 7. The zero-order valence-electron chi connectivity index (χ0n) is 13.3. The molecular weight excluding hydrogens is 236 g/mol. The molecule has 0 aliphatic heterocycles. The monoisotopic (exact) mass is 272 g/mol. The highest BCUT2D eigenvalue weighted by Gasteiger charge is 1.96. The van der Waals surface area contributed by atoms with E-state index in [1.54, 1.807) is 0 Å².